The molecule has 0 fully saturated rings. The average Bonchev–Trinajstić information content (AvgIpc) is 2.31. The van der Waals surface area contributed by atoms with Gasteiger partial charge in [0.15, 0.2) is 0 Å². The van der Waals surface area contributed by atoms with Crippen LogP contribution >= 0.6 is 11.6 Å². The van der Waals surface area contributed by atoms with Crippen molar-refractivity contribution in [2.75, 3.05) is 6.61 Å². The highest BCUT2D eigenvalue weighted by Crippen LogP contribution is 2.25. The first-order valence-corrected chi connectivity index (χ1v) is 5.60. The Hall–Kier alpha value is -1.31. The topological polar surface area (TPSA) is 20.2 Å². The molecule has 16 heavy (non-hydrogen) atoms. The third-order valence-corrected chi connectivity index (χ3v) is 2.87. The van der Waals surface area contributed by atoms with Crippen LogP contribution in [-0.2, 0) is 0 Å². The Balaban J connectivity index is 2.37. The first kappa shape index (κ1) is 11.2. The minimum Gasteiger partial charge on any atom is -0.395 e. The normalized spacial score (nSPS) is 12.4. The molecule has 1 unspecified atom stereocenters. The monoisotopic (exact) mass is 232 g/mol. The van der Waals surface area contributed by atoms with Gasteiger partial charge < -0.3 is 5.11 Å². The molecule has 0 saturated heterocycles. The number of benzene rings is 2. The lowest BCUT2D eigenvalue weighted by molar-refractivity contribution is 0.280. The van der Waals surface area contributed by atoms with Crippen molar-refractivity contribution in [3.05, 3.63) is 70.7 Å². The largest absolute Gasteiger partial charge is 0.395 e. The summed E-state index contributed by atoms with van der Waals surface area (Å²) in [6.07, 6.45) is 0. The maximum absolute atomic E-state index is 9.48. The van der Waals surface area contributed by atoms with E-state index in [-0.39, 0.29) is 12.5 Å². The van der Waals surface area contributed by atoms with Gasteiger partial charge in [-0.1, -0.05) is 54.1 Å². The summed E-state index contributed by atoms with van der Waals surface area (Å²) in [7, 11) is 0. The van der Waals surface area contributed by atoms with Crippen molar-refractivity contribution in [1.29, 1.82) is 0 Å². The highest BCUT2D eigenvalue weighted by atomic mass is 35.5. The molecule has 2 aromatic rings. The quantitative estimate of drug-likeness (QED) is 0.859. The van der Waals surface area contributed by atoms with E-state index in [1.807, 2.05) is 54.6 Å². The summed E-state index contributed by atoms with van der Waals surface area (Å²) in [5, 5.41) is 10.2. The lowest BCUT2D eigenvalue weighted by Gasteiger charge is -2.15. The van der Waals surface area contributed by atoms with Gasteiger partial charge in [0.1, 0.15) is 0 Å². The van der Waals surface area contributed by atoms with Crippen LogP contribution in [0, 0.1) is 0 Å². The molecule has 0 spiro atoms. The predicted molar refractivity (Wildman–Crippen MR) is 66.8 cm³/mol. The van der Waals surface area contributed by atoms with Gasteiger partial charge in [0.25, 0.3) is 0 Å². The second-order valence-electron chi connectivity index (χ2n) is 3.70. The van der Waals surface area contributed by atoms with Crippen molar-refractivity contribution >= 4 is 11.6 Å². The molecule has 0 bridgehead atoms. The van der Waals surface area contributed by atoms with Crippen molar-refractivity contribution in [3.63, 3.8) is 0 Å². The summed E-state index contributed by atoms with van der Waals surface area (Å²) in [4.78, 5) is 0. The van der Waals surface area contributed by atoms with Crippen LogP contribution < -0.4 is 0 Å². The maximum atomic E-state index is 9.48. The van der Waals surface area contributed by atoms with E-state index in [4.69, 9.17) is 11.6 Å². The van der Waals surface area contributed by atoms with Crippen LogP contribution in [-0.4, -0.2) is 11.7 Å². The molecule has 2 heteroatoms. The third-order valence-electron chi connectivity index (χ3n) is 2.64. The van der Waals surface area contributed by atoms with Crippen molar-refractivity contribution in [3.8, 4) is 0 Å². The molecule has 0 aromatic heterocycles. The fraction of sp³-hybridized carbons (Fsp3) is 0.143. The van der Waals surface area contributed by atoms with Gasteiger partial charge >= 0.3 is 0 Å². The molecule has 0 aliphatic carbocycles. The molecule has 1 N–H and O–H groups in total. The van der Waals surface area contributed by atoms with E-state index in [1.165, 1.54) is 0 Å². The predicted octanol–water partition coefficient (Wildman–Crippen LogP) is 3.46. The van der Waals surface area contributed by atoms with Crippen LogP contribution in [0.1, 0.15) is 17.0 Å². The third kappa shape index (κ3) is 2.43. The van der Waals surface area contributed by atoms with Gasteiger partial charge in [0.05, 0.1) is 6.61 Å². The molecule has 0 saturated carbocycles. The SMILES string of the molecule is OCC(c1ccccc1)c1cccc(Cl)c1. The van der Waals surface area contributed by atoms with Crippen molar-refractivity contribution in [2.45, 2.75) is 5.92 Å². The van der Waals surface area contributed by atoms with Crippen LogP contribution in [0.3, 0.4) is 0 Å². The smallest absolute Gasteiger partial charge is 0.0540 e. The Morgan fingerprint density at radius 1 is 0.938 bits per heavy atom. The van der Waals surface area contributed by atoms with E-state index in [0.717, 1.165) is 11.1 Å². The molecular weight excluding hydrogens is 220 g/mol. The first-order valence-electron chi connectivity index (χ1n) is 5.22. The van der Waals surface area contributed by atoms with Gasteiger partial charge in [-0.05, 0) is 23.3 Å². The second-order valence-corrected chi connectivity index (χ2v) is 4.14. The van der Waals surface area contributed by atoms with E-state index < -0.39 is 0 Å². The van der Waals surface area contributed by atoms with Gasteiger partial charge in [-0.3, -0.25) is 0 Å². The number of aliphatic hydroxyl groups is 1. The lowest BCUT2D eigenvalue weighted by Crippen LogP contribution is -2.05. The number of rotatable bonds is 3. The molecule has 0 aliphatic heterocycles. The van der Waals surface area contributed by atoms with Gasteiger partial charge in [-0.2, -0.15) is 0 Å². The molecular formula is C14H13ClO. The first-order chi connectivity index (χ1) is 7.81. The summed E-state index contributed by atoms with van der Waals surface area (Å²) < 4.78 is 0. The Labute approximate surface area is 100 Å². The molecule has 0 heterocycles. The number of hydrogen-bond donors (Lipinski definition) is 1. The Bertz CT molecular complexity index is 453. The van der Waals surface area contributed by atoms with E-state index in [9.17, 15) is 5.11 Å². The van der Waals surface area contributed by atoms with Crippen LogP contribution in [0.2, 0.25) is 5.02 Å². The molecule has 0 radical (unpaired) electrons. The highest BCUT2D eigenvalue weighted by molar-refractivity contribution is 6.30. The average molecular weight is 233 g/mol. The van der Waals surface area contributed by atoms with Crippen LogP contribution in [0.25, 0.3) is 0 Å². The zero-order valence-electron chi connectivity index (χ0n) is 8.81. The number of hydrogen-bond acceptors (Lipinski definition) is 1. The van der Waals surface area contributed by atoms with Crippen LogP contribution in [0.5, 0.6) is 0 Å². The lowest BCUT2D eigenvalue weighted by atomic mass is 9.92. The fourth-order valence-electron chi connectivity index (χ4n) is 1.81. The van der Waals surface area contributed by atoms with Gasteiger partial charge in [0.2, 0.25) is 0 Å². The van der Waals surface area contributed by atoms with E-state index in [0.29, 0.717) is 5.02 Å². The Kier molecular flexibility index (Phi) is 3.60. The van der Waals surface area contributed by atoms with E-state index >= 15 is 0 Å². The molecule has 2 aromatic carbocycles. The zero-order chi connectivity index (χ0) is 11.4. The highest BCUT2D eigenvalue weighted by Gasteiger charge is 2.12. The Morgan fingerprint density at radius 2 is 1.62 bits per heavy atom. The summed E-state index contributed by atoms with van der Waals surface area (Å²) in [5.41, 5.74) is 2.15. The molecule has 0 aliphatic rings. The summed E-state index contributed by atoms with van der Waals surface area (Å²) >= 11 is 5.95. The molecule has 0 amide bonds. The van der Waals surface area contributed by atoms with Crippen molar-refractivity contribution < 1.29 is 5.11 Å². The van der Waals surface area contributed by atoms with Gasteiger partial charge in [0, 0.05) is 10.9 Å². The Morgan fingerprint density at radius 3 is 2.25 bits per heavy atom. The van der Waals surface area contributed by atoms with Crippen LogP contribution in [0.15, 0.2) is 54.6 Å². The zero-order valence-corrected chi connectivity index (χ0v) is 9.56. The number of halogens is 1. The minimum absolute atomic E-state index is 0.0000926. The summed E-state index contributed by atoms with van der Waals surface area (Å²) in [6.45, 7) is 0.0877. The minimum atomic E-state index is -0.0000926. The molecule has 2 rings (SSSR count). The van der Waals surface area contributed by atoms with Gasteiger partial charge in [-0.25, -0.2) is 0 Å². The van der Waals surface area contributed by atoms with E-state index in [1.54, 1.807) is 0 Å². The van der Waals surface area contributed by atoms with Gasteiger partial charge in [-0.15, -0.1) is 0 Å². The molecule has 1 nitrogen and oxygen atoms in total. The standard InChI is InChI=1S/C14H13ClO/c15-13-8-4-7-12(9-13)14(10-16)11-5-2-1-3-6-11/h1-9,14,16H,10H2. The van der Waals surface area contributed by atoms with Crippen molar-refractivity contribution in [1.82, 2.24) is 0 Å². The number of aliphatic hydroxyl groups excluding tert-OH is 1. The maximum Gasteiger partial charge on any atom is 0.0540 e. The second kappa shape index (κ2) is 5.15. The van der Waals surface area contributed by atoms with Crippen molar-refractivity contribution in [2.24, 2.45) is 0 Å². The molecule has 82 valence electrons. The fourth-order valence-corrected chi connectivity index (χ4v) is 2.01. The molecule has 1 atom stereocenters. The summed E-state index contributed by atoms with van der Waals surface area (Å²) in [6, 6.07) is 17.6. The van der Waals surface area contributed by atoms with E-state index in [2.05, 4.69) is 0 Å². The van der Waals surface area contributed by atoms with Crippen LogP contribution in [0.4, 0.5) is 0 Å². The summed E-state index contributed by atoms with van der Waals surface area (Å²) in [5.74, 6) is -0.0000926.